The van der Waals surface area contributed by atoms with Crippen molar-refractivity contribution in [3.8, 4) is 0 Å². The molecule has 2 nitrogen and oxygen atoms in total. The molecule has 0 saturated carbocycles. The third-order valence-electron chi connectivity index (χ3n) is 6.26. The second kappa shape index (κ2) is 24.6. The highest BCUT2D eigenvalue weighted by Gasteiger charge is 2.09. The van der Waals surface area contributed by atoms with Gasteiger partial charge in [0.25, 0.3) is 0 Å². The molecule has 2 heteroatoms. The summed E-state index contributed by atoms with van der Waals surface area (Å²) in [4.78, 5) is 23.7. The lowest BCUT2D eigenvalue weighted by molar-refractivity contribution is -0.127. The van der Waals surface area contributed by atoms with Crippen LogP contribution in [0.15, 0.2) is 0 Å². The van der Waals surface area contributed by atoms with Gasteiger partial charge in [0.05, 0.1) is 6.42 Å². The Labute approximate surface area is 189 Å². The number of carbonyl (C=O) groups is 2. The Morgan fingerprint density at radius 3 is 0.900 bits per heavy atom. The summed E-state index contributed by atoms with van der Waals surface area (Å²) >= 11 is 0. The number of hydrogen-bond donors (Lipinski definition) is 0. The molecule has 0 aliphatic carbocycles. The van der Waals surface area contributed by atoms with Gasteiger partial charge in [-0.15, -0.1) is 0 Å². The van der Waals surface area contributed by atoms with E-state index in [1.54, 1.807) is 0 Å². The first-order chi connectivity index (χ1) is 14.7. The Balaban J connectivity index is 3.21. The molecule has 0 aromatic carbocycles. The molecule has 0 heterocycles. The highest BCUT2D eigenvalue weighted by Crippen LogP contribution is 2.14. The van der Waals surface area contributed by atoms with Crippen LogP contribution < -0.4 is 0 Å². The Kier molecular flexibility index (Phi) is 24.1. The summed E-state index contributed by atoms with van der Waals surface area (Å²) in [6, 6.07) is 0. The summed E-state index contributed by atoms with van der Waals surface area (Å²) in [5, 5.41) is 0. The van der Waals surface area contributed by atoms with Crippen molar-refractivity contribution in [3.05, 3.63) is 0 Å². The van der Waals surface area contributed by atoms with Crippen molar-refractivity contribution in [2.24, 2.45) is 0 Å². The van der Waals surface area contributed by atoms with Crippen LogP contribution in [0.1, 0.15) is 168 Å². The van der Waals surface area contributed by atoms with Gasteiger partial charge in [-0.05, 0) is 12.8 Å². The largest absolute Gasteiger partial charge is 0.299 e. The molecule has 0 rings (SSSR count). The van der Waals surface area contributed by atoms with Crippen molar-refractivity contribution in [1.82, 2.24) is 0 Å². The average molecular weight is 423 g/mol. The van der Waals surface area contributed by atoms with E-state index in [2.05, 4.69) is 13.8 Å². The SMILES string of the molecule is CCCCCCCCCCCCCCCCCCCC(=O)CC(=O)CCCCCC. The molecule has 0 bridgehead atoms. The summed E-state index contributed by atoms with van der Waals surface area (Å²) in [6.45, 7) is 4.45. The summed E-state index contributed by atoms with van der Waals surface area (Å²) in [7, 11) is 0. The molecule has 0 aliphatic heterocycles. The molecule has 0 atom stereocenters. The zero-order valence-electron chi connectivity index (χ0n) is 20.8. The Bertz CT molecular complexity index is 375. The first-order valence-electron chi connectivity index (χ1n) is 13.7. The summed E-state index contributed by atoms with van der Waals surface area (Å²) in [5.41, 5.74) is 0. The molecule has 0 N–H and O–H groups in total. The Morgan fingerprint density at radius 1 is 0.367 bits per heavy atom. The van der Waals surface area contributed by atoms with Crippen LogP contribution in [0.5, 0.6) is 0 Å². The molecule has 30 heavy (non-hydrogen) atoms. The normalized spacial score (nSPS) is 11.1. The van der Waals surface area contributed by atoms with Crippen LogP contribution in [0.2, 0.25) is 0 Å². The zero-order chi connectivity index (χ0) is 22.1. The Hall–Kier alpha value is -0.660. The van der Waals surface area contributed by atoms with E-state index in [9.17, 15) is 9.59 Å². The van der Waals surface area contributed by atoms with Crippen LogP contribution in [-0.4, -0.2) is 11.6 Å². The lowest BCUT2D eigenvalue weighted by atomic mass is 10.0. The highest BCUT2D eigenvalue weighted by molar-refractivity contribution is 5.98. The monoisotopic (exact) mass is 422 g/mol. The molecule has 0 saturated heterocycles. The van der Waals surface area contributed by atoms with Gasteiger partial charge in [0.2, 0.25) is 0 Å². The van der Waals surface area contributed by atoms with E-state index in [4.69, 9.17) is 0 Å². The van der Waals surface area contributed by atoms with E-state index >= 15 is 0 Å². The van der Waals surface area contributed by atoms with Crippen LogP contribution in [-0.2, 0) is 9.59 Å². The summed E-state index contributed by atoms with van der Waals surface area (Å²) < 4.78 is 0. The number of carbonyl (C=O) groups excluding carboxylic acids is 2. The lowest BCUT2D eigenvalue weighted by Gasteiger charge is -2.04. The fourth-order valence-corrected chi connectivity index (χ4v) is 4.19. The number of ketones is 2. The molecule has 0 aromatic rings. The van der Waals surface area contributed by atoms with Gasteiger partial charge in [0, 0.05) is 12.8 Å². The molecule has 0 fully saturated rings. The fraction of sp³-hybridized carbons (Fsp3) is 0.929. The maximum atomic E-state index is 11.9. The van der Waals surface area contributed by atoms with Gasteiger partial charge >= 0.3 is 0 Å². The zero-order valence-corrected chi connectivity index (χ0v) is 20.8. The molecular weight excluding hydrogens is 368 g/mol. The van der Waals surface area contributed by atoms with E-state index in [-0.39, 0.29) is 18.0 Å². The van der Waals surface area contributed by atoms with Crippen molar-refractivity contribution in [3.63, 3.8) is 0 Å². The average Bonchev–Trinajstić information content (AvgIpc) is 2.73. The van der Waals surface area contributed by atoms with E-state index in [1.807, 2.05) is 0 Å². The van der Waals surface area contributed by atoms with E-state index < -0.39 is 0 Å². The molecule has 0 unspecified atom stereocenters. The molecule has 0 radical (unpaired) electrons. The molecule has 0 spiro atoms. The van der Waals surface area contributed by atoms with Crippen LogP contribution in [0.25, 0.3) is 0 Å². The van der Waals surface area contributed by atoms with E-state index in [1.165, 1.54) is 109 Å². The van der Waals surface area contributed by atoms with Crippen LogP contribution >= 0.6 is 0 Å². The van der Waals surface area contributed by atoms with Crippen molar-refractivity contribution in [1.29, 1.82) is 0 Å². The van der Waals surface area contributed by atoms with Crippen molar-refractivity contribution < 1.29 is 9.59 Å². The smallest absolute Gasteiger partial charge is 0.140 e. The standard InChI is InChI=1S/C28H54O2/c1-3-5-7-9-10-11-12-13-14-15-16-17-18-19-20-21-23-25-28(30)26-27(29)24-22-8-6-4-2/h3-26H2,1-2H3. The van der Waals surface area contributed by atoms with Gasteiger partial charge in [-0.3, -0.25) is 9.59 Å². The van der Waals surface area contributed by atoms with E-state index in [0.717, 1.165) is 25.7 Å². The van der Waals surface area contributed by atoms with Gasteiger partial charge < -0.3 is 0 Å². The van der Waals surface area contributed by atoms with Gasteiger partial charge in [-0.25, -0.2) is 0 Å². The van der Waals surface area contributed by atoms with Crippen LogP contribution in [0, 0.1) is 0 Å². The van der Waals surface area contributed by atoms with Crippen molar-refractivity contribution >= 4 is 11.6 Å². The van der Waals surface area contributed by atoms with Crippen LogP contribution in [0.3, 0.4) is 0 Å². The molecular formula is C28H54O2. The van der Waals surface area contributed by atoms with Crippen molar-refractivity contribution in [2.75, 3.05) is 0 Å². The maximum absolute atomic E-state index is 11.9. The summed E-state index contributed by atoms with van der Waals surface area (Å²) in [5.74, 6) is 0.319. The third kappa shape index (κ3) is 23.6. The minimum atomic E-state index is 0.156. The highest BCUT2D eigenvalue weighted by atomic mass is 16.1. The van der Waals surface area contributed by atoms with Crippen LogP contribution in [0.4, 0.5) is 0 Å². The molecule has 0 aromatic heterocycles. The number of Topliss-reactive ketones (excluding diaryl/α,β-unsaturated/α-hetero) is 2. The predicted molar refractivity (Wildman–Crippen MR) is 132 cm³/mol. The second-order valence-electron chi connectivity index (χ2n) is 9.47. The molecule has 0 amide bonds. The van der Waals surface area contributed by atoms with Gasteiger partial charge in [0.15, 0.2) is 0 Å². The maximum Gasteiger partial charge on any atom is 0.140 e. The quantitative estimate of drug-likeness (QED) is 0.108. The minimum absolute atomic E-state index is 0.156. The van der Waals surface area contributed by atoms with Crippen molar-refractivity contribution in [2.45, 2.75) is 168 Å². The molecule has 0 aliphatic rings. The number of rotatable bonds is 25. The fourth-order valence-electron chi connectivity index (χ4n) is 4.19. The molecule has 178 valence electrons. The summed E-state index contributed by atoms with van der Waals surface area (Å²) in [6.07, 6.45) is 28.9. The van der Waals surface area contributed by atoms with E-state index in [0.29, 0.717) is 12.8 Å². The third-order valence-corrected chi connectivity index (χ3v) is 6.26. The number of unbranched alkanes of at least 4 members (excludes halogenated alkanes) is 19. The second-order valence-corrected chi connectivity index (χ2v) is 9.47. The minimum Gasteiger partial charge on any atom is -0.299 e. The van der Waals surface area contributed by atoms with Gasteiger partial charge in [-0.2, -0.15) is 0 Å². The lowest BCUT2D eigenvalue weighted by Crippen LogP contribution is -2.07. The van der Waals surface area contributed by atoms with Gasteiger partial charge in [-0.1, -0.05) is 136 Å². The predicted octanol–water partition coefficient (Wildman–Crippen LogP) is 9.53. The van der Waals surface area contributed by atoms with Gasteiger partial charge in [0.1, 0.15) is 11.6 Å². The first-order valence-corrected chi connectivity index (χ1v) is 13.7. The topological polar surface area (TPSA) is 34.1 Å². The first kappa shape index (κ1) is 29.3. The Morgan fingerprint density at radius 2 is 0.600 bits per heavy atom. The number of hydrogen-bond acceptors (Lipinski definition) is 2.